The lowest BCUT2D eigenvalue weighted by Crippen LogP contribution is -2.16. The Morgan fingerprint density at radius 1 is 0.846 bits per heavy atom. The van der Waals surface area contributed by atoms with Gasteiger partial charge in [-0.1, -0.05) is 66.7 Å². The van der Waals surface area contributed by atoms with Crippen LogP contribution in [0.1, 0.15) is 12.5 Å². The van der Waals surface area contributed by atoms with Crippen LogP contribution >= 0.6 is 7.37 Å². The third-order valence-electron chi connectivity index (χ3n) is 4.29. The maximum Gasteiger partial charge on any atom is 0.261 e. The molecule has 4 heteroatoms. The van der Waals surface area contributed by atoms with Crippen molar-refractivity contribution in [2.75, 3.05) is 6.61 Å². The van der Waals surface area contributed by atoms with Crippen LogP contribution in [0, 0.1) is 0 Å². The molecule has 0 bridgehead atoms. The molecule has 1 aliphatic rings. The summed E-state index contributed by atoms with van der Waals surface area (Å²) in [7, 11) is -3.16. The molecular formula is C22H19O3P. The molecule has 0 amide bonds. The van der Waals surface area contributed by atoms with Crippen LogP contribution in [-0.4, -0.2) is 6.61 Å². The molecule has 3 nitrogen and oxygen atoms in total. The number of fused-ring (bicyclic) bond motifs is 1. The van der Waals surface area contributed by atoms with Crippen molar-refractivity contribution in [3.63, 3.8) is 0 Å². The predicted molar refractivity (Wildman–Crippen MR) is 106 cm³/mol. The minimum atomic E-state index is -3.16. The molecule has 130 valence electrons. The standard InChI is InChI=1S/C22H19O3P/c1-2-24-26(23)16-21(18-11-7-4-8-12-18)25-20-14-13-19(15-22(20)26)17-9-5-3-6-10-17/h3-16H,2H2,1H3. The van der Waals surface area contributed by atoms with Crippen LogP contribution in [0.5, 0.6) is 5.75 Å². The highest BCUT2D eigenvalue weighted by Crippen LogP contribution is 2.55. The van der Waals surface area contributed by atoms with E-state index in [9.17, 15) is 4.57 Å². The highest BCUT2D eigenvalue weighted by Gasteiger charge is 2.33. The fraction of sp³-hybridized carbons (Fsp3) is 0.0909. The van der Waals surface area contributed by atoms with E-state index in [-0.39, 0.29) is 0 Å². The molecule has 1 heterocycles. The van der Waals surface area contributed by atoms with Gasteiger partial charge in [0.1, 0.15) is 11.5 Å². The van der Waals surface area contributed by atoms with E-state index in [0.717, 1.165) is 16.7 Å². The Morgan fingerprint density at radius 3 is 2.15 bits per heavy atom. The fourth-order valence-corrected chi connectivity index (χ4v) is 5.05. The summed E-state index contributed by atoms with van der Waals surface area (Å²) in [5, 5.41) is 0.611. The lowest BCUT2D eigenvalue weighted by atomic mass is 10.1. The Bertz CT molecular complexity index is 994. The van der Waals surface area contributed by atoms with Crippen LogP contribution < -0.4 is 10.0 Å². The van der Waals surface area contributed by atoms with E-state index in [1.807, 2.05) is 85.8 Å². The first-order chi connectivity index (χ1) is 12.7. The lowest BCUT2D eigenvalue weighted by molar-refractivity contribution is 0.345. The minimum absolute atomic E-state index is 0.366. The third-order valence-corrected chi connectivity index (χ3v) is 6.53. The van der Waals surface area contributed by atoms with E-state index in [2.05, 4.69) is 0 Å². The summed E-state index contributed by atoms with van der Waals surface area (Å²) in [6.45, 7) is 2.22. The SMILES string of the molecule is CCOP1(=O)C=C(c2ccccc2)Oc2ccc(-c3ccccc3)cc21. The average molecular weight is 362 g/mol. The van der Waals surface area contributed by atoms with Gasteiger partial charge in [-0.3, -0.25) is 4.57 Å². The Labute approximate surface area is 153 Å². The summed E-state index contributed by atoms with van der Waals surface area (Å²) in [6, 6.07) is 25.5. The highest BCUT2D eigenvalue weighted by atomic mass is 31.2. The summed E-state index contributed by atoms with van der Waals surface area (Å²) in [6.07, 6.45) is 0. The molecule has 0 saturated carbocycles. The van der Waals surface area contributed by atoms with Gasteiger partial charge >= 0.3 is 0 Å². The van der Waals surface area contributed by atoms with Crippen molar-refractivity contribution < 1.29 is 13.8 Å². The zero-order valence-corrected chi connectivity index (χ0v) is 15.4. The van der Waals surface area contributed by atoms with Gasteiger partial charge in [0.25, 0.3) is 7.37 Å². The quantitative estimate of drug-likeness (QED) is 0.560. The van der Waals surface area contributed by atoms with Crippen molar-refractivity contribution in [1.82, 2.24) is 0 Å². The van der Waals surface area contributed by atoms with Gasteiger partial charge in [0, 0.05) is 11.4 Å². The van der Waals surface area contributed by atoms with Gasteiger partial charge in [-0.25, -0.2) is 0 Å². The molecule has 0 radical (unpaired) electrons. The lowest BCUT2D eigenvalue weighted by Gasteiger charge is -2.25. The zero-order valence-electron chi connectivity index (χ0n) is 14.5. The molecule has 1 aliphatic heterocycles. The van der Waals surface area contributed by atoms with E-state index >= 15 is 0 Å². The molecule has 3 aromatic rings. The fourth-order valence-electron chi connectivity index (χ4n) is 3.06. The number of benzene rings is 3. The molecule has 0 saturated heterocycles. The number of ether oxygens (including phenoxy) is 1. The Balaban J connectivity index is 1.83. The summed E-state index contributed by atoms with van der Waals surface area (Å²) in [4.78, 5) is 0. The second-order valence-electron chi connectivity index (χ2n) is 6.02. The Morgan fingerprint density at radius 2 is 1.50 bits per heavy atom. The number of hydrogen-bond donors (Lipinski definition) is 0. The monoisotopic (exact) mass is 362 g/mol. The van der Waals surface area contributed by atoms with Crippen LogP contribution in [0.15, 0.2) is 84.7 Å². The van der Waals surface area contributed by atoms with Crippen molar-refractivity contribution in [3.8, 4) is 16.9 Å². The largest absolute Gasteiger partial charge is 0.456 e. The average Bonchev–Trinajstić information content (AvgIpc) is 2.69. The molecular weight excluding hydrogens is 343 g/mol. The van der Waals surface area contributed by atoms with Crippen molar-refractivity contribution in [2.45, 2.75) is 6.92 Å². The molecule has 1 unspecified atom stereocenters. The van der Waals surface area contributed by atoms with Gasteiger partial charge < -0.3 is 9.26 Å². The Kier molecular flexibility index (Phi) is 4.50. The normalized spacial score (nSPS) is 18.6. The summed E-state index contributed by atoms with van der Waals surface area (Å²) in [5.41, 5.74) is 2.94. The predicted octanol–water partition coefficient (Wildman–Crippen LogP) is 5.68. The van der Waals surface area contributed by atoms with Gasteiger partial charge in [0.05, 0.1) is 11.9 Å². The van der Waals surface area contributed by atoms with Gasteiger partial charge in [-0.05, 0) is 30.2 Å². The van der Waals surface area contributed by atoms with Crippen molar-refractivity contribution in [1.29, 1.82) is 0 Å². The third kappa shape index (κ3) is 3.12. The van der Waals surface area contributed by atoms with Crippen LogP contribution in [0.2, 0.25) is 0 Å². The van der Waals surface area contributed by atoms with E-state index < -0.39 is 7.37 Å². The van der Waals surface area contributed by atoms with Gasteiger partial charge in [-0.15, -0.1) is 0 Å². The van der Waals surface area contributed by atoms with Gasteiger partial charge in [0.15, 0.2) is 0 Å². The van der Waals surface area contributed by atoms with E-state index in [1.54, 1.807) is 5.82 Å². The van der Waals surface area contributed by atoms with E-state index in [4.69, 9.17) is 9.26 Å². The van der Waals surface area contributed by atoms with Crippen LogP contribution in [0.4, 0.5) is 0 Å². The first-order valence-corrected chi connectivity index (χ1v) is 10.3. The zero-order chi connectivity index (χ0) is 18.0. The molecule has 1 atom stereocenters. The second-order valence-corrected chi connectivity index (χ2v) is 8.22. The first-order valence-electron chi connectivity index (χ1n) is 8.60. The molecule has 0 N–H and O–H groups in total. The van der Waals surface area contributed by atoms with Gasteiger partial charge in [0.2, 0.25) is 0 Å². The summed E-state index contributed by atoms with van der Waals surface area (Å²) in [5.74, 6) is 2.80. The maximum absolute atomic E-state index is 13.6. The molecule has 4 rings (SSSR count). The first kappa shape index (κ1) is 16.8. The highest BCUT2D eigenvalue weighted by molar-refractivity contribution is 7.70. The molecule has 26 heavy (non-hydrogen) atoms. The van der Waals surface area contributed by atoms with Gasteiger partial charge in [-0.2, -0.15) is 0 Å². The second kappa shape index (κ2) is 6.95. The van der Waals surface area contributed by atoms with Crippen LogP contribution in [0.25, 0.3) is 16.9 Å². The molecule has 0 spiro atoms. The minimum Gasteiger partial charge on any atom is -0.456 e. The molecule has 3 aromatic carbocycles. The van der Waals surface area contributed by atoms with Crippen molar-refractivity contribution in [3.05, 3.63) is 90.2 Å². The summed E-state index contributed by atoms with van der Waals surface area (Å²) < 4.78 is 25.4. The number of hydrogen-bond acceptors (Lipinski definition) is 3. The van der Waals surface area contributed by atoms with Crippen LogP contribution in [0.3, 0.4) is 0 Å². The number of rotatable bonds is 4. The smallest absolute Gasteiger partial charge is 0.261 e. The molecule has 0 aliphatic carbocycles. The van der Waals surface area contributed by atoms with Crippen LogP contribution in [-0.2, 0) is 9.09 Å². The van der Waals surface area contributed by atoms with E-state index in [0.29, 0.717) is 23.4 Å². The topological polar surface area (TPSA) is 35.5 Å². The Hall–Kier alpha value is -2.61. The molecule has 0 aromatic heterocycles. The summed E-state index contributed by atoms with van der Waals surface area (Å²) >= 11 is 0. The van der Waals surface area contributed by atoms with Crippen molar-refractivity contribution >= 4 is 18.4 Å². The van der Waals surface area contributed by atoms with Crippen molar-refractivity contribution in [2.24, 2.45) is 0 Å². The molecule has 0 fully saturated rings. The maximum atomic E-state index is 13.6. The van der Waals surface area contributed by atoms with E-state index in [1.165, 1.54) is 0 Å².